The van der Waals surface area contributed by atoms with Crippen molar-refractivity contribution in [1.29, 1.82) is 0 Å². The molecule has 0 fully saturated rings. The molecule has 1 N–H and O–H groups in total. The van der Waals surface area contributed by atoms with Crippen molar-refractivity contribution in [3.63, 3.8) is 0 Å². The van der Waals surface area contributed by atoms with Crippen LogP contribution in [0.25, 0.3) is 0 Å². The summed E-state index contributed by atoms with van der Waals surface area (Å²) < 4.78 is 0. The molecule has 1 rings (SSSR count). The molecular weight excluding hydrogens is 235 g/mol. The predicted octanol–water partition coefficient (Wildman–Crippen LogP) is -3.06. The van der Waals surface area contributed by atoms with Gasteiger partial charge in [-0.2, -0.15) is 0 Å². The lowest BCUT2D eigenvalue weighted by molar-refractivity contribution is -0.407. The van der Waals surface area contributed by atoms with Crippen LogP contribution in [-0.2, 0) is 10.4 Å². The van der Waals surface area contributed by atoms with Gasteiger partial charge in [0.15, 0.2) is 0 Å². The number of hydrogen-bond donors (Lipinski definition) is 1. The molecule has 0 spiro atoms. The molecule has 1 aromatic rings. The van der Waals surface area contributed by atoms with Crippen LogP contribution in [0.5, 0.6) is 0 Å². The molecule has 1 unspecified atom stereocenters. The molecule has 1 atom stereocenters. The van der Waals surface area contributed by atoms with Gasteiger partial charge in [0.25, 0.3) is 0 Å². The Balaban J connectivity index is 0.000000487. The maximum atomic E-state index is 10.5. The Bertz CT molecular complexity index is 321. The monoisotopic (exact) mass is 244 g/mol. The van der Waals surface area contributed by atoms with Crippen molar-refractivity contribution < 1.29 is 29.7 Å². The zero-order valence-electron chi connectivity index (χ0n) is 8.32. The topological polar surface area (TPSA) is 130 Å². The molecule has 7 heteroatoms. The number of benzene rings is 1. The number of aliphatic hydroxyl groups is 1. The molecule has 0 bridgehead atoms. The lowest BCUT2D eigenvalue weighted by Gasteiger charge is -2.39. The van der Waals surface area contributed by atoms with Crippen LogP contribution < -0.4 is 19.8 Å². The van der Waals surface area contributed by atoms with Gasteiger partial charge in [-0.05, 0) is 12.5 Å². The predicted molar refractivity (Wildman–Crippen MR) is 47.9 cm³/mol. The van der Waals surface area contributed by atoms with E-state index in [0.29, 0.717) is 5.56 Å². The summed E-state index contributed by atoms with van der Waals surface area (Å²) in [5.74, 6) is -1.49. The van der Waals surface area contributed by atoms with Gasteiger partial charge in [0, 0.05) is 0 Å². The minimum absolute atomic E-state index is 0.324. The van der Waals surface area contributed by atoms with Crippen LogP contribution in [0.3, 0.4) is 0 Å². The Morgan fingerprint density at radius 1 is 1.25 bits per heavy atom. The zero-order valence-corrected chi connectivity index (χ0v) is 9.22. The fourth-order valence-electron chi connectivity index (χ4n) is 0.881. The molecule has 1 aromatic carbocycles. The highest BCUT2D eigenvalue weighted by molar-refractivity contribution is 7.33. The number of carboxylic acids is 1. The van der Waals surface area contributed by atoms with Crippen LogP contribution in [0.4, 0.5) is 0 Å². The molecule has 0 amide bonds. The molecule has 0 saturated heterocycles. The van der Waals surface area contributed by atoms with E-state index in [2.05, 4.69) is 0 Å². The van der Waals surface area contributed by atoms with E-state index >= 15 is 0 Å². The molecule has 90 valence electrons. The molecule has 0 aliphatic rings. The Hall–Kier alpha value is -1.04. The highest BCUT2D eigenvalue weighted by Crippen LogP contribution is 2.18. The number of carbonyl (C=O) groups is 1. The number of hydrogen-bond acceptors (Lipinski definition) is 6. The van der Waals surface area contributed by atoms with E-state index in [1.807, 2.05) is 0 Å². The van der Waals surface area contributed by atoms with Crippen molar-refractivity contribution in [1.82, 2.24) is 0 Å². The summed E-state index contributed by atoms with van der Waals surface area (Å²) in [5, 5.41) is 19.9. The van der Waals surface area contributed by atoms with Crippen LogP contribution in [0.2, 0.25) is 0 Å². The van der Waals surface area contributed by atoms with E-state index in [-0.39, 0.29) is 0 Å². The van der Waals surface area contributed by atoms with E-state index < -0.39 is 20.2 Å². The smallest absolute Gasteiger partial charge is 0.126 e. The van der Waals surface area contributed by atoms with Crippen molar-refractivity contribution in [2.75, 3.05) is 0 Å². The van der Waals surface area contributed by atoms with Gasteiger partial charge in [-0.15, -0.1) is 0 Å². The van der Waals surface area contributed by atoms with Crippen LogP contribution >= 0.6 is 8.60 Å². The van der Waals surface area contributed by atoms with Crippen LogP contribution in [-0.4, -0.2) is 11.1 Å². The summed E-state index contributed by atoms with van der Waals surface area (Å²) in [7, 11) is -3.37. The Labute approximate surface area is 93.4 Å². The summed E-state index contributed by atoms with van der Waals surface area (Å²) in [4.78, 5) is 35.9. The number of carbonyl (C=O) groups excluding carboxylic acids is 1. The molecular formula is C9H9O6P-4. The first kappa shape index (κ1) is 15.0. The van der Waals surface area contributed by atoms with E-state index in [0.717, 1.165) is 0 Å². The number of rotatable bonds is 2. The second-order valence-electron chi connectivity index (χ2n) is 2.95. The first-order chi connectivity index (χ1) is 7.28. The second-order valence-corrected chi connectivity index (χ2v) is 3.40. The van der Waals surface area contributed by atoms with Crippen LogP contribution in [0.1, 0.15) is 12.5 Å². The van der Waals surface area contributed by atoms with Gasteiger partial charge in [0.05, 0.1) is 5.97 Å². The Morgan fingerprint density at radius 3 is 1.94 bits per heavy atom. The standard InChI is InChI=1S/C9H10O3.O3P/c1-9(12,8(10)11)7-5-3-2-4-6-7;1-4(2)3/h2-6,12H,1H3,(H,10,11);/q;-3/p-1. The first-order valence-electron chi connectivity index (χ1n) is 4.09. The van der Waals surface area contributed by atoms with Gasteiger partial charge in [0.1, 0.15) is 5.60 Å². The minimum atomic E-state index is -3.37. The summed E-state index contributed by atoms with van der Waals surface area (Å²) in [6.07, 6.45) is 0. The fourth-order valence-corrected chi connectivity index (χ4v) is 0.881. The van der Waals surface area contributed by atoms with Crippen molar-refractivity contribution in [2.24, 2.45) is 0 Å². The van der Waals surface area contributed by atoms with Crippen molar-refractivity contribution in [3.05, 3.63) is 35.9 Å². The van der Waals surface area contributed by atoms with E-state index in [4.69, 9.17) is 14.7 Å². The maximum absolute atomic E-state index is 10.5. The summed E-state index contributed by atoms with van der Waals surface area (Å²) >= 11 is 0. The van der Waals surface area contributed by atoms with Crippen LogP contribution in [0.15, 0.2) is 30.3 Å². The Kier molecular flexibility index (Phi) is 6.10. The van der Waals surface area contributed by atoms with Crippen LogP contribution in [0, 0.1) is 0 Å². The van der Waals surface area contributed by atoms with Crippen molar-refractivity contribution >= 4 is 14.6 Å². The van der Waals surface area contributed by atoms with E-state index in [1.54, 1.807) is 18.2 Å². The third-order valence-corrected chi connectivity index (χ3v) is 1.73. The Morgan fingerprint density at radius 2 is 1.62 bits per heavy atom. The zero-order chi connectivity index (χ0) is 12.8. The second kappa shape index (κ2) is 6.52. The lowest BCUT2D eigenvalue weighted by Crippen LogP contribution is -2.43. The lowest BCUT2D eigenvalue weighted by atomic mass is 9.97. The molecule has 0 heterocycles. The average Bonchev–Trinajstić information content (AvgIpc) is 2.18. The van der Waals surface area contributed by atoms with Gasteiger partial charge < -0.3 is 38.3 Å². The van der Waals surface area contributed by atoms with E-state index in [9.17, 15) is 15.0 Å². The third-order valence-electron chi connectivity index (χ3n) is 1.73. The molecule has 6 nitrogen and oxygen atoms in total. The number of aliphatic carboxylic acids is 1. The third kappa shape index (κ3) is 5.16. The SMILES string of the molecule is CC(O)(C(=O)[O-])c1ccccc1.[O-]P([O-])[O-]. The highest BCUT2D eigenvalue weighted by atomic mass is 31.2. The first-order valence-corrected chi connectivity index (χ1v) is 5.19. The summed E-state index contributed by atoms with van der Waals surface area (Å²) in [6, 6.07) is 8.14. The van der Waals surface area contributed by atoms with E-state index in [1.165, 1.54) is 19.1 Å². The fraction of sp³-hybridized carbons (Fsp3) is 0.222. The van der Waals surface area contributed by atoms with Gasteiger partial charge in [0.2, 0.25) is 0 Å². The molecule has 0 aromatic heterocycles. The average molecular weight is 244 g/mol. The normalized spacial score (nSPS) is 13.6. The van der Waals surface area contributed by atoms with Crippen molar-refractivity contribution in [3.8, 4) is 0 Å². The number of carboxylic acid groups (broad SMARTS) is 1. The highest BCUT2D eigenvalue weighted by Gasteiger charge is 2.23. The largest absolute Gasteiger partial charge is 0.854 e. The van der Waals surface area contributed by atoms with Gasteiger partial charge in [-0.3, -0.25) is 0 Å². The molecule has 0 radical (unpaired) electrons. The molecule has 0 aliphatic carbocycles. The summed E-state index contributed by atoms with van der Waals surface area (Å²) in [6.45, 7) is 1.19. The van der Waals surface area contributed by atoms with Gasteiger partial charge >= 0.3 is 0 Å². The molecule has 0 saturated carbocycles. The van der Waals surface area contributed by atoms with Gasteiger partial charge in [-0.1, -0.05) is 30.3 Å². The van der Waals surface area contributed by atoms with Gasteiger partial charge in [-0.25, -0.2) is 0 Å². The molecule has 16 heavy (non-hydrogen) atoms. The minimum Gasteiger partial charge on any atom is -0.854 e. The summed E-state index contributed by atoms with van der Waals surface area (Å²) in [5.41, 5.74) is -1.58. The maximum Gasteiger partial charge on any atom is 0.126 e. The molecule has 0 aliphatic heterocycles. The van der Waals surface area contributed by atoms with Crippen molar-refractivity contribution in [2.45, 2.75) is 12.5 Å². The quantitative estimate of drug-likeness (QED) is 0.549.